The number of aromatic nitrogens is 4. The SMILES string of the molecule is CC(C)CNCC(=O)Nc1cnc2c(c1)[nH]c(=O)c1c2nn2cc(Br)sc12. The van der Waals surface area contributed by atoms with Crippen molar-refractivity contribution >= 4 is 65.6 Å². The van der Waals surface area contributed by atoms with Crippen molar-refractivity contribution in [3.63, 3.8) is 0 Å². The van der Waals surface area contributed by atoms with Crippen molar-refractivity contribution in [3.05, 3.63) is 32.6 Å². The van der Waals surface area contributed by atoms with E-state index in [0.717, 1.165) is 15.2 Å². The van der Waals surface area contributed by atoms with Crippen molar-refractivity contribution < 1.29 is 4.79 Å². The highest BCUT2D eigenvalue weighted by atomic mass is 79.9. The van der Waals surface area contributed by atoms with Gasteiger partial charge in [-0.25, -0.2) is 4.52 Å². The molecule has 0 aliphatic heterocycles. The van der Waals surface area contributed by atoms with E-state index in [1.807, 2.05) is 6.20 Å². The standard InChI is InChI=1S/C17H17BrN6O2S/c1-8(2)4-19-6-12(25)21-9-3-10-14(20-5-9)15-13(16(26)22-10)17-24(23-15)7-11(18)27-17/h3,5,7-8,19H,4,6H2,1-2H3,(H,21,25)(H,22,26). The zero-order valence-corrected chi connectivity index (χ0v) is 17.1. The van der Waals surface area contributed by atoms with Crippen LogP contribution in [0.4, 0.5) is 5.69 Å². The monoisotopic (exact) mass is 448 g/mol. The minimum absolute atomic E-state index is 0.160. The number of nitrogens with one attached hydrogen (secondary N) is 3. The van der Waals surface area contributed by atoms with Gasteiger partial charge in [-0.1, -0.05) is 13.8 Å². The summed E-state index contributed by atoms with van der Waals surface area (Å²) >= 11 is 4.84. The van der Waals surface area contributed by atoms with Gasteiger partial charge in [0.15, 0.2) is 0 Å². The Hall–Kier alpha value is -2.30. The van der Waals surface area contributed by atoms with Crippen LogP contribution in [0.2, 0.25) is 0 Å². The van der Waals surface area contributed by atoms with E-state index in [4.69, 9.17) is 0 Å². The molecule has 4 aromatic heterocycles. The number of halogens is 1. The molecule has 0 aliphatic carbocycles. The third kappa shape index (κ3) is 3.47. The number of amides is 1. The predicted molar refractivity (Wildman–Crippen MR) is 111 cm³/mol. The highest BCUT2D eigenvalue weighted by molar-refractivity contribution is 9.11. The Kier molecular flexibility index (Phi) is 4.70. The molecule has 10 heteroatoms. The zero-order chi connectivity index (χ0) is 19.1. The van der Waals surface area contributed by atoms with Gasteiger partial charge >= 0.3 is 0 Å². The minimum atomic E-state index is -0.231. The lowest BCUT2D eigenvalue weighted by atomic mass is 10.2. The number of carbonyl (C=O) groups excluding carboxylic acids is 1. The molecule has 0 radical (unpaired) electrons. The van der Waals surface area contributed by atoms with E-state index in [1.54, 1.807) is 16.8 Å². The van der Waals surface area contributed by atoms with Gasteiger partial charge in [-0.05, 0) is 34.5 Å². The number of nitrogens with zero attached hydrogens (tertiary/aromatic N) is 3. The maximum absolute atomic E-state index is 12.6. The highest BCUT2D eigenvalue weighted by Gasteiger charge is 2.16. The molecule has 4 aromatic rings. The Balaban J connectivity index is 1.67. The van der Waals surface area contributed by atoms with Crippen LogP contribution in [0, 0.1) is 5.92 Å². The Bertz CT molecular complexity index is 1230. The number of pyridine rings is 2. The van der Waals surface area contributed by atoms with Crippen molar-refractivity contribution in [2.75, 3.05) is 18.4 Å². The Morgan fingerprint density at radius 3 is 3.00 bits per heavy atom. The molecule has 0 spiro atoms. The normalized spacial score (nSPS) is 11.9. The number of H-pyrrole nitrogens is 1. The quantitative estimate of drug-likeness (QED) is 0.435. The Labute approximate surface area is 166 Å². The van der Waals surface area contributed by atoms with Gasteiger partial charge in [0.25, 0.3) is 5.56 Å². The van der Waals surface area contributed by atoms with Crippen molar-refractivity contribution in [2.24, 2.45) is 5.92 Å². The molecule has 3 N–H and O–H groups in total. The summed E-state index contributed by atoms with van der Waals surface area (Å²) in [6, 6.07) is 1.70. The lowest BCUT2D eigenvalue weighted by Gasteiger charge is -2.08. The van der Waals surface area contributed by atoms with Crippen molar-refractivity contribution in [2.45, 2.75) is 13.8 Å². The summed E-state index contributed by atoms with van der Waals surface area (Å²) in [6.45, 7) is 5.14. The van der Waals surface area contributed by atoms with Crippen molar-refractivity contribution in [1.82, 2.24) is 24.9 Å². The van der Waals surface area contributed by atoms with Crippen LogP contribution in [0.15, 0.2) is 27.0 Å². The van der Waals surface area contributed by atoms with Gasteiger partial charge < -0.3 is 15.6 Å². The van der Waals surface area contributed by atoms with Crippen LogP contribution in [-0.2, 0) is 4.79 Å². The van der Waals surface area contributed by atoms with Crippen LogP contribution in [0.1, 0.15) is 13.8 Å². The molecule has 0 bridgehead atoms. The highest BCUT2D eigenvalue weighted by Crippen LogP contribution is 2.30. The molecule has 0 aliphatic rings. The van der Waals surface area contributed by atoms with Crippen molar-refractivity contribution in [1.29, 1.82) is 0 Å². The molecular formula is C17H17BrN6O2S. The van der Waals surface area contributed by atoms with Crippen LogP contribution in [0.5, 0.6) is 0 Å². The predicted octanol–water partition coefficient (Wildman–Crippen LogP) is 2.73. The number of aromatic amines is 1. The topological polar surface area (TPSA) is 104 Å². The van der Waals surface area contributed by atoms with E-state index >= 15 is 0 Å². The molecule has 0 fully saturated rings. The second-order valence-corrected chi connectivity index (χ2v) is 9.07. The minimum Gasteiger partial charge on any atom is -0.324 e. The first-order chi connectivity index (χ1) is 12.9. The third-order valence-corrected chi connectivity index (χ3v) is 5.57. The van der Waals surface area contributed by atoms with E-state index in [9.17, 15) is 9.59 Å². The second kappa shape index (κ2) is 7.02. The number of fused-ring (bicyclic) bond motifs is 5. The summed E-state index contributed by atoms with van der Waals surface area (Å²) in [4.78, 5) is 32.6. The van der Waals surface area contributed by atoms with Crippen LogP contribution in [-0.4, -0.2) is 38.6 Å². The molecule has 8 nitrogen and oxygen atoms in total. The number of hydrogen-bond acceptors (Lipinski definition) is 6. The van der Waals surface area contributed by atoms with E-state index < -0.39 is 0 Å². The zero-order valence-electron chi connectivity index (χ0n) is 14.7. The molecule has 0 saturated carbocycles. The Morgan fingerprint density at radius 2 is 2.22 bits per heavy atom. The molecule has 140 valence electrons. The molecule has 4 rings (SSSR count). The number of rotatable bonds is 5. The van der Waals surface area contributed by atoms with Gasteiger partial charge in [-0.15, -0.1) is 11.3 Å². The largest absolute Gasteiger partial charge is 0.324 e. The Morgan fingerprint density at radius 1 is 1.41 bits per heavy atom. The average molecular weight is 449 g/mol. The summed E-state index contributed by atoms with van der Waals surface area (Å²) in [7, 11) is 0. The smallest absolute Gasteiger partial charge is 0.261 e. The maximum atomic E-state index is 12.6. The molecule has 27 heavy (non-hydrogen) atoms. The van der Waals surface area contributed by atoms with Gasteiger partial charge in [0, 0.05) is 0 Å². The number of hydrogen-bond donors (Lipinski definition) is 3. The fourth-order valence-electron chi connectivity index (χ4n) is 2.87. The first kappa shape index (κ1) is 18.1. The summed E-state index contributed by atoms with van der Waals surface area (Å²) in [6.07, 6.45) is 3.38. The number of carbonyl (C=O) groups is 1. The van der Waals surface area contributed by atoms with E-state index in [-0.39, 0.29) is 18.0 Å². The van der Waals surface area contributed by atoms with E-state index in [2.05, 4.69) is 55.5 Å². The lowest BCUT2D eigenvalue weighted by Crippen LogP contribution is -2.30. The molecule has 0 saturated heterocycles. The molecule has 0 aromatic carbocycles. The fourth-order valence-corrected chi connectivity index (χ4v) is 4.34. The first-order valence-corrected chi connectivity index (χ1v) is 10.0. The molecule has 0 atom stereocenters. The average Bonchev–Trinajstić information content (AvgIpc) is 3.10. The number of anilines is 1. The lowest BCUT2D eigenvalue weighted by molar-refractivity contribution is -0.115. The van der Waals surface area contributed by atoms with E-state index in [0.29, 0.717) is 33.5 Å². The van der Waals surface area contributed by atoms with Gasteiger partial charge in [0.2, 0.25) is 5.91 Å². The van der Waals surface area contributed by atoms with Gasteiger partial charge in [-0.3, -0.25) is 14.6 Å². The van der Waals surface area contributed by atoms with Gasteiger partial charge in [0.05, 0.1) is 33.9 Å². The first-order valence-electron chi connectivity index (χ1n) is 8.42. The maximum Gasteiger partial charge on any atom is 0.261 e. The van der Waals surface area contributed by atoms with Gasteiger partial charge in [-0.2, -0.15) is 5.10 Å². The van der Waals surface area contributed by atoms with Crippen LogP contribution in [0.25, 0.3) is 26.8 Å². The second-order valence-electron chi connectivity index (χ2n) is 6.66. The fraction of sp³-hybridized carbons (Fsp3) is 0.294. The molecule has 4 heterocycles. The summed E-state index contributed by atoms with van der Waals surface area (Å²) in [5, 5.41) is 10.9. The molecular weight excluding hydrogens is 432 g/mol. The van der Waals surface area contributed by atoms with Crippen LogP contribution < -0.4 is 16.2 Å². The van der Waals surface area contributed by atoms with Gasteiger partial charge in [0.1, 0.15) is 21.3 Å². The summed E-state index contributed by atoms with van der Waals surface area (Å²) in [5.74, 6) is 0.311. The third-order valence-electron chi connectivity index (χ3n) is 3.99. The van der Waals surface area contributed by atoms with Crippen LogP contribution >= 0.6 is 27.3 Å². The molecule has 0 unspecified atom stereocenters. The van der Waals surface area contributed by atoms with Crippen LogP contribution in [0.3, 0.4) is 0 Å². The summed E-state index contributed by atoms with van der Waals surface area (Å²) < 4.78 is 2.56. The molecule has 1 amide bonds. The number of thiazole rings is 1. The van der Waals surface area contributed by atoms with E-state index in [1.165, 1.54) is 11.3 Å². The summed E-state index contributed by atoms with van der Waals surface area (Å²) in [5.41, 5.74) is 1.96. The van der Waals surface area contributed by atoms with Crippen molar-refractivity contribution in [3.8, 4) is 0 Å².